The summed E-state index contributed by atoms with van der Waals surface area (Å²) >= 11 is 0. The van der Waals surface area contributed by atoms with E-state index in [1.165, 1.54) is 0 Å². The highest BCUT2D eigenvalue weighted by molar-refractivity contribution is 6.58. The lowest BCUT2D eigenvalue weighted by atomic mass is 9.87. The Balaban J connectivity index is 3.29. The van der Waals surface area contributed by atoms with Crippen molar-refractivity contribution in [2.75, 3.05) is 6.61 Å². The van der Waals surface area contributed by atoms with Crippen molar-refractivity contribution in [2.24, 2.45) is 5.73 Å². The van der Waals surface area contributed by atoms with Crippen LogP contribution in [-0.4, -0.2) is 19.7 Å². The van der Waals surface area contributed by atoms with Gasteiger partial charge in [0.1, 0.15) is 0 Å². The maximum atomic E-state index is 11.3. The van der Waals surface area contributed by atoms with Crippen LogP contribution in [0.25, 0.3) is 0 Å². The minimum atomic E-state index is -4.86. The molecule has 0 spiro atoms. The van der Waals surface area contributed by atoms with Gasteiger partial charge in [0.05, 0.1) is 6.61 Å². The van der Waals surface area contributed by atoms with Crippen LogP contribution in [0.1, 0.15) is 0 Å². The molecule has 0 aliphatic rings. The van der Waals surface area contributed by atoms with Gasteiger partial charge in [0.2, 0.25) is 0 Å². The average Bonchev–Trinajstić information content (AvgIpc) is 1.59. The van der Waals surface area contributed by atoms with Crippen LogP contribution in [0.15, 0.2) is 0 Å². The molecule has 60 valence electrons. The van der Waals surface area contributed by atoms with Gasteiger partial charge in [0.15, 0.2) is 0 Å². The lowest BCUT2D eigenvalue weighted by Gasteiger charge is -2.11. The minimum Gasteiger partial charge on any atom is -0.453 e. The molecule has 3 nitrogen and oxygen atoms in total. The van der Waals surface area contributed by atoms with Gasteiger partial charge in [-0.1, -0.05) is 6.32 Å². The Hall–Kier alpha value is -0.875. The third-order valence-corrected chi connectivity index (χ3v) is 0.689. The minimum absolute atomic E-state index is 0.682. The van der Waals surface area contributed by atoms with Gasteiger partial charge in [-0.15, -0.1) is 0 Å². The molecule has 0 aromatic rings. The Morgan fingerprint density at radius 3 is 2.30 bits per heavy atom. The monoisotopic (exact) mass is 156 g/mol. The zero-order valence-electron chi connectivity index (χ0n) is 5.02. The number of hydrogen-bond acceptors (Lipinski definition) is 2. The fourth-order valence-corrected chi connectivity index (χ4v) is 0.293. The molecule has 0 aliphatic carbocycles. The molecule has 0 atom stereocenters. The molecular formula is C3H6BF3NO2-. The predicted octanol–water partition coefficient (Wildman–Crippen LogP) is 0.929. The first-order chi connectivity index (χ1) is 4.42. The van der Waals surface area contributed by atoms with Crippen molar-refractivity contribution in [3.63, 3.8) is 0 Å². The molecule has 0 fully saturated rings. The lowest BCUT2D eigenvalue weighted by molar-refractivity contribution is 0.160. The summed E-state index contributed by atoms with van der Waals surface area (Å²) in [5.41, 5.74) is 4.40. The second-order valence-corrected chi connectivity index (χ2v) is 1.67. The summed E-state index contributed by atoms with van der Waals surface area (Å²) < 4.78 is 37.9. The van der Waals surface area contributed by atoms with E-state index in [4.69, 9.17) is 0 Å². The summed E-state index contributed by atoms with van der Waals surface area (Å²) in [5, 5.41) is 0. The van der Waals surface area contributed by atoms with Gasteiger partial charge in [-0.3, -0.25) is 0 Å². The van der Waals surface area contributed by atoms with Crippen molar-refractivity contribution >= 4 is 13.1 Å². The first kappa shape index (κ1) is 9.12. The van der Waals surface area contributed by atoms with E-state index in [9.17, 15) is 17.7 Å². The van der Waals surface area contributed by atoms with Gasteiger partial charge < -0.3 is 23.4 Å². The Kier molecular flexibility index (Phi) is 3.04. The summed E-state index contributed by atoms with van der Waals surface area (Å²) in [5.74, 6) is 0. The van der Waals surface area contributed by atoms with E-state index in [1.807, 2.05) is 0 Å². The normalized spacial score (nSPS) is 11.1. The van der Waals surface area contributed by atoms with E-state index < -0.39 is 26.0 Å². The number of amides is 1. The molecule has 7 heteroatoms. The highest BCUT2D eigenvalue weighted by atomic mass is 19.4. The SMILES string of the molecule is NC(=O)OCC[B-](F)(F)F. The van der Waals surface area contributed by atoms with Crippen LogP contribution in [0.5, 0.6) is 0 Å². The van der Waals surface area contributed by atoms with Crippen LogP contribution in [0, 0.1) is 0 Å². The number of ether oxygens (including phenoxy) is 1. The van der Waals surface area contributed by atoms with Gasteiger partial charge in [-0.05, 0) is 0 Å². The number of rotatable bonds is 3. The van der Waals surface area contributed by atoms with Crippen LogP contribution in [0.2, 0.25) is 6.32 Å². The summed E-state index contributed by atoms with van der Waals surface area (Å²) in [6, 6.07) is 0. The van der Waals surface area contributed by atoms with Crippen molar-refractivity contribution < 1.29 is 22.5 Å². The molecule has 0 saturated carbocycles. The summed E-state index contributed by atoms with van der Waals surface area (Å²) in [7, 11) is 0. The van der Waals surface area contributed by atoms with E-state index in [1.54, 1.807) is 0 Å². The van der Waals surface area contributed by atoms with Crippen LogP contribution in [0.4, 0.5) is 17.7 Å². The number of nitrogens with two attached hydrogens (primary N) is 1. The first-order valence-electron chi connectivity index (χ1n) is 2.55. The maximum Gasteiger partial charge on any atom is 0.481 e. The fourth-order valence-electron chi connectivity index (χ4n) is 0.293. The Morgan fingerprint density at radius 1 is 1.50 bits per heavy atom. The van der Waals surface area contributed by atoms with Crippen molar-refractivity contribution in [1.29, 1.82) is 0 Å². The quantitative estimate of drug-likeness (QED) is 0.617. The maximum absolute atomic E-state index is 11.3. The Bertz CT molecular complexity index is 125. The van der Waals surface area contributed by atoms with Crippen molar-refractivity contribution in [1.82, 2.24) is 0 Å². The Morgan fingerprint density at radius 2 is 2.00 bits per heavy atom. The van der Waals surface area contributed by atoms with Crippen LogP contribution >= 0.6 is 0 Å². The zero-order chi connectivity index (χ0) is 8.20. The smallest absolute Gasteiger partial charge is 0.453 e. The molecule has 0 heterocycles. The topological polar surface area (TPSA) is 52.3 Å². The van der Waals surface area contributed by atoms with E-state index in [0.717, 1.165) is 0 Å². The highest BCUT2D eigenvalue weighted by Gasteiger charge is 2.22. The number of halogens is 3. The summed E-state index contributed by atoms with van der Waals surface area (Å²) in [4.78, 5) is 9.72. The van der Waals surface area contributed by atoms with Gasteiger partial charge in [0, 0.05) is 0 Å². The van der Waals surface area contributed by atoms with Gasteiger partial charge in [-0.25, -0.2) is 4.79 Å². The van der Waals surface area contributed by atoms with Gasteiger partial charge in [0.25, 0.3) is 0 Å². The molecule has 0 aromatic heterocycles. The number of carbonyl (C=O) groups excluding carboxylic acids is 1. The van der Waals surface area contributed by atoms with E-state index in [0.29, 0.717) is 0 Å². The number of carbonyl (C=O) groups is 1. The van der Waals surface area contributed by atoms with E-state index >= 15 is 0 Å². The standard InChI is InChI=1S/C3H6BF3NO2/c5-4(6,7)1-2-10-3(8)9/h1-2H2,(H2,8,9)/q-1. The first-order valence-corrected chi connectivity index (χ1v) is 2.55. The second kappa shape index (κ2) is 3.33. The average molecular weight is 156 g/mol. The molecule has 10 heavy (non-hydrogen) atoms. The highest BCUT2D eigenvalue weighted by Crippen LogP contribution is 2.13. The molecule has 0 rings (SSSR count). The lowest BCUT2D eigenvalue weighted by Crippen LogP contribution is -2.21. The third kappa shape index (κ3) is 7.12. The second-order valence-electron chi connectivity index (χ2n) is 1.67. The molecular weight excluding hydrogens is 150 g/mol. The van der Waals surface area contributed by atoms with E-state index in [-0.39, 0.29) is 0 Å². The molecule has 0 radical (unpaired) electrons. The molecule has 0 unspecified atom stereocenters. The predicted molar refractivity (Wildman–Crippen MR) is 29.4 cm³/mol. The van der Waals surface area contributed by atoms with Crippen molar-refractivity contribution in [3.05, 3.63) is 0 Å². The molecule has 2 N–H and O–H groups in total. The van der Waals surface area contributed by atoms with Crippen molar-refractivity contribution in [2.45, 2.75) is 6.32 Å². The molecule has 0 aromatic carbocycles. The fraction of sp³-hybridized carbons (Fsp3) is 0.667. The summed E-state index contributed by atoms with van der Waals surface area (Å²) in [6.45, 7) is -5.55. The Labute approximate surface area is 55.4 Å². The van der Waals surface area contributed by atoms with Gasteiger partial charge >= 0.3 is 13.1 Å². The number of primary amides is 1. The van der Waals surface area contributed by atoms with E-state index in [2.05, 4.69) is 10.5 Å². The molecule has 0 aliphatic heterocycles. The molecule has 0 bridgehead atoms. The van der Waals surface area contributed by atoms with Crippen molar-refractivity contribution in [3.8, 4) is 0 Å². The molecule has 0 saturated heterocycles. The largest absolute Gasteiger partial charge is 0.481 e. The van der Waals surface area contributed by atoms with Crippen LogP contribution < -0.4 is 5.73 Å². The van der Waals surface area contributed by atoms with Gasteiger partial charge in [-0.2, -0.15) is 0 Å². The van der Waals surface area contributed by atoms with Crippen LogP contribution in [0.3, 0.4) is 0 Å². The molecule has 1 amide bonds. The zero-order valence-corrected chi connectivity index (χ0v) is 5.02. The summed E-state index contributed by atoms with van der Waals surface area (Å²) in [6.07, 6.45) is -2.27. The van der Waals surface area contributed by atoms with Crippen LogP contribution in [-0.2, 0) is 4.74 Å². The number of hydrogen-bond donors (Lipinski definition) is 1. The third-order valence-electron chi connectivity index (χ3n) is 0.689.